The number of rotatable bonds is 0. The SMILES string of the molecule is C[C@@H]1C(=O)C[C@@H]2[C@H]1CC[C@@H]1c3ccc(O)cc3CC[C@@H]21. The van der Waals surface area contributed by atoms with Crippen LogP contribution in [-0.2, 0) is 11.2 Å². The third-order valence-corrected chi connectivity index (χ3v) is 6.29. The predicted octanol–water partition coefficient (Wildman–Crippen LogP) is 3.67. The summed E-state index contributed by atoms with van der Waals surface area (Å²) in [4.78, 5) is 12.1. The van der Waals surface area contributed by atoms with Gasteiger partial charge in [-0.25, -0.2) is 0 Å². The molecule has 20 heavy (non-hydrogen) atoms. The van der Waals surface area contributed by atoms with E-state index in [1.807, 2.05) is 12.1 Å². The first kappa shape index (κ1) is 12.4. The third kappa shape index (κ3) is 1.66. The number of carbonyl (C=O) groups is 1. The van der Waals surface area contributed by atoms with E-state index in [0.29, 0.717) is 41.1 Å². The van der Waals surface area contributed by atoms with Gasteiger partial charge in [0.2, 0.25) is 0 Å². The first-order valence-corrected chi connectivity index (χ1v) is 7.99. The van der Waals surface area contributed by atoms with Crippen molar-refractivity contribution in [2.24, 2.45) is 23.7 Å². The lowest BCUT2D eigenvalue weighted by molar-refractivity contribution is -0.120. The van der Waals surface area contributed by atoms with Crippen LogP contribution in [0.3, 0.4) is 0 Å². The highest BCUT2D eigenvalue weighted by molar-refractivity contribution is 5.83. The number of benzene rings is 1. The summed E-state index contributed by atoms with van der Waals surface area (Å²) in [5, 5.41) is 9.66. The molecule has 0 aliphatic heterocycles. The molecule has 0 saturated heterocycles. The molecule has 2 saturated carbocycles. The molecule has 3 aliphatic rings. The van der Waals surface area contributed by atoms with Crippen molar-refractivity contribution in [3.8, 4) is 5.75 Å². The number of phenols is 1. The standard InChI is InChI=1S/C18H22O2/c1-10-13-6-7-15-14-5-3-12(19)8-11(14)2-4-16(15)17(13)9-18(10)20/h3,5,8,10,13,15-17,19H,2,4,6-7,9H2,1H3/t10-,13-,15+,16+,17+/m0/s1. The van der Waals surface area contributed by atoms with Gasteiger partial charge in [0, 0.05) is 12.3 Å². The summed E-state index contributed by atoms with van der Waals surface area (Å²) in [7, 11) is 0. The summed E-state index contributed by atoms with van der Waals surface area (Å²) in [6.45, 7) is 2.14. The fourth-order valence-electron chi connectivity index (χ4n) is 5.29. The number of ketones is 1. The molecular weight excluding hydrogens is 248 g/mol. The lowest BCUT2D eigenvalue weighted by Gasteiger charge is -2.44. The van der Waals surface area contributed by atoms with E-state index in [4.69, 9.17) is 0 Å². The molecule has 4 rings (SSSR count). The average molecular weight is 270 g/mol. The second-order valence-electron chi connectivity index (χ2n) is 7.06. The van der Waals surface area contributed by atoms with E-state index in [-0.39, 0.29) is 0 Å². The van der Waals surface area contributed by atoms with Gasteiger partial charge in [0.15, 0.2) is 0 Å². The largest absolute Gasteiger partial charge is 0.508 e. The highest BCUT2D eigenvalue weighted by Crippen LogP contribution is 2.55. The third-order valence-electron chi connectivity index (χ3n) is 6.29. The Bertz CT molecular complexity index is 563. The van der Waals surface area contributed by atoms with Crippen molar-refractivity contribution in [3.05, 3.63) is 29.3 Å². The zero-order chi connectivity index (χ0) is 13.9. The zero-order valence-electron chi connectivity index (χ0n) is 12.0. The maximum absolute atomic E-state index is 12.1. The van der Waals surface area contributed by atoms with Gasteiger partial charge in [-0.3, -0.25) is 4.79 Å². The molecule has 0 bridgehead atoms. The van der Waals surface area contributed by atoms with Crippen LogP contribution in [0.5, 0.6) is 5.75 Å². The smallest absolute Gasteiger partial charge is 0.136 e. The first-order chi connectivity index (χ1) is 9.65. The molecule has 1 aromatic carbocycles. The first-order valence-electron chi connectivity index (χ1n) is 7.99. The lowest BCUT2D eigenvalue weighted by Crippen LogP contribution is -2.35. The lowest BCUT2D eigenvalue weighted by atomic mass is 9.60. The molecule has 106 valence electrons. The average Bonchev–Trinajstić information content (AvgIpc) is 2.74. The molecular formula is C18H22O2. The number of aryl methyl sites for hydroxylation is 1. The Kier molecular flexibility index (Phi) is 2.70. The fourth-order valence-corrected chi connectivity index (χ4v) is 5.29. The van der Waals surface area contributed by atoms with Crippen molar-refractivity contribution in [1.82, 2.24) is 0 Å². The molecule has 2 nitrogen and oxygen atoms in total. The van der Waals surface area contributed by atoms with Gasteiger partial charge in [0.25, 0.3) is 0 Å². The van der Waals surface area contributed by atoms with Gasteiger partial charge in [-0.15, -0.1) is 0 Å². The van der Waals surface area contributed by atoms with Crippen LogP contribution in [0.4, 0.5) is 0 Å². The summed E-state index contributed by atoms with van der Waals surface area (Å²) in [5.41, 5.74) is 2.78. The molecule has 5 atom stereocenters. The quantitative estimate of drug-likeness (QED) is 0.781. The molecule has 0 unspecified atom stereocenters. The molecule has 1 aromatic rings. The fraction of sp³-hybridized carbons (Fsp3) is 0.611. The molecule has 0 amide bonds. The van der Waals surface area contributed by atoms with Gasteiger partial charge in [0.05, 0.1) is 0 Å². The normalized spacial score (nSPS) is 39.0. The van der Waals surface area contributed by atoms with Crippen molar-refractivity contribution >= 4 is 5.78 Å². The molecule has 1 N–H and O–H groups in total. The van der Waals surface area contributed by atoms with E-state index in [1.54, 1.807) is 0 Å². The van der Waals surface area contributed by atoms with Crippen LogP contribution in [0.2, 0.25) is 0 Å². The van der Waals surface area contributed by atoms with Gasteiger partial charge >= 0.3 is 0 Å². The van der Waals surface area contributed by atoms with Crippen molar-refractivity contribution < 1.29 is 9.90 Å². The summed E-state index contributed by atoms with van der Waals surface area (Å²) < 4.78 is 0. The number of Topliss-reactive ketones (excluding diaryl/α,β-unsaturated/α-hetero) is 1. The summed E-state index contributed by atoms with van der Waals surface area (Å²) in [6.07, 6.45) is 5.51. The van der Waals surface area contributed by atoms with Gasteiger partial charge < -0.3 is 5.11 Å². The van der Waals surface area contributed by atoms with Crippen LogP contribution in [0.25, 0.3) is 0 Å². The highest BCUT2D eigenvalue weighted by Gasteiger charge is 2.49. The van der Waals surface area contributed by atoms with Crippen molar-refractivity contribution in [3.63, 3.8) is 0 Å². The van der Waals surface area contributed by atoms with Gasteiger partial charge in [-0.05, 0) is 72.6 Å². The highest BCUT2D eigenvalue weighted by atomic mass is 16.3. The van der Waals surface area contributed by atoms with Crippen molar-refractivity contribution in [2.45, 2.75) is 44.9 Å². The minimum Gasteiger partial charge on any atom is -0.508 e. The summed E-state index contributed by atoms with van der Waals surface area (Å²) in [6, 6.07) is 5.90. The summed E-state index contributed by atoms with van der Waals surface area (Å²) >= 11 is 0. The van der Waals surface area contributed by atoms with Gasteiger partial charge in [0.1, 0.15) is 11.5 Å². The molecule has 0 spiro atoms. The van der Waals surface area contributed by atoms with Crippen LogP contribution in [0, 0.1) is 23.7 Å². The van der Waals surface area contributed by atoms with E-state index in [0.717, 1.165) is 12.8 Å². The Morgan fingerprint density at radius 1 is 1.10 bits per heavy atom. The monoisotopic (exact) mass is 270 g/mol. The van der Waals surface area contributed by atoms with Crippen molar-refractivity contribution in [1.29, 1.82) is 0 Å². The molecule has 2 fully saturated rings. The van der Waals surface area contributed by atoms with Crippen molar-refractivity contribution in [2.75, 3.05) is 0 Å². The Morgan fingerprint density at radius 2 is 1.95 bits per heavy atom. The second-order valence-corrected chi connectivity index (χ2v) is 7.06. The second kappa shape index (κ2) is 4.34. The molecule has 0 radical (unpaired) electrons. The summed E-state index contributed by atoms with van der Waals surface area (Å²) in [5.74, 6) is 3.76. The Morgan fingerprint density at radius 3 is 2.80 bits per heavy atom. The molecule has 0 heterocycles. The van der Waals surface area contributed by atoms with Crippen LogP contribution in [-0.4, -0.2) is 10.9 Å². The van der Waals surface area contributed by atoms with E-state index in [1.165, 1.54) is 30.4 Å². The minimum absolute atomic E-state index is 0.294. The predicted molar refractivity (Wildman–Crippen MR) is 77.7 cm³/mol. The van der Waals surface area contributed by atoms with Crippen LogP contribution in [0.1, 0.15) is 49.7 Å². The number of hydrogen-bond acceptors (Lipinski definition) is 2. The Balaban J connectivity index is 1.69. The van der Waals surface area contributed by atoms with Crippen LogP contribution in [0.15, 0.2) is 18.2 Å². The number of aromatic hydroxyl groups is 1. The van der Waals surface area contributed by atoms with E-state index >= 15 is 0 Å². The maximum atomic E-state index is 12.1. The van der Waals surface area contributed by atoms with Gasteiger partial charge in [-0.1, -0.05) is 13.0 Å². The molecule has 2 heteroatoms. The van der Waals surface area contributed by atoms with Gasteiger partial charge in [-0.2, -0.15) is 0 Å². The number of phenolic OH excluding ortho intramolecular Hbond substituents is 1. The van der Waals surface area contributed by atoms with Crippen LogP contribution < -0.4 is 0 Å². The van der Waals surface area contributed by atoms with E-state index in [9.17, 15) is 9.90 Å². The minimum atomic E-state index is 0.294. The molecule has 0 aromatic heterocycles. The number of hydrogen-bond donors (Lipinski definition) is 1. The Labute approximate surface area is 120 Å². The Hall–Kier alpha value is -1.31. The van der Waals surface area contributed by atoms with E-state index < -0.39 is 0 Å². The molecule has 3 aliphatic carbocycles. The zero-order valence-corrected chi connectivity index (χ0v) is 12.0. The van der Waals surface area contributed by atoms with Crippen LogP contribution >= 0.6 is 0 Å². The topological polar surface area (TPSA) is 37.3 Å². The van der Waals surface area contributed by atoms with E-state index in [2.05, 4.69) is 13.0 Å². The number of carbonyl (C=O) groups excluding carboxylic acids is 1. The maximum Gasteiger partial charge on any atom is 0.136 e. The number of fused-ring (bicyclic) bond motifs is 5.